The lowest BCUT2D eigenvalue weighted by Crippen LogP contribution is -2.34. The predicted molar refractivity (Wildman–Crippen MR) is 66.2 cm³/mol. The van der Waals surface area contributed by atoms with E-state index in [0.29, 0.717) is 0 Å². The van der Waals surface area contributed by atoms with Crippen LogP contribution in [0.4, 0.5) is 5.69 Å². The Bertz CT molecular complexity index is 341. The SMILES string of the molecule is CCCC1CC(C(=O)Nc2ccccc2)C1. The summed E-state index contributed by atoms with van der Waals surface area (Å²) >= 11 is 0. The van der Waals surface area contributed by atoms with Crippen LogP contribution in [0.3, 0.4) is 0 Å². The standard InChI is InChI=1S/C14H19NO/c1-2-6-11-9-12(10-11)14(16)15-13-7-4-3-5-8-13/h3-5,7-8,11-12H,2,6,9-10H2,1H3,(H,15,16). The van der Waals surface area contributed by atoms with E-state index in [4.69, 9.17) is 0 Å². The normalized spacial score (nSPS) is 23.6. The van der Waals surface area contributed by atoms with Gasteiger partial charge in [-0.25, -0.2) is 0 Å². The molecule has 0 aromatic heterocycles. The van der Waals surface area contributed by atoms with Gasteiger partial charge in [0, 0.05) is 11.6 Å². The highest BCUT2D eigenvalue weighted by Gasteiger charge is 2.33. The highest BCUT2D eigenvalue weighted by molar-refractivity contribution is 5.93. The van der Waals surface area contributed by atoms with E-state index in [9.17, 15) is 4.79 Å². The zero-order chi connectivity index (χ0) is 11.4. The zero-order valence-corrected chi connectivity index (χ0v) is 9.78. The Balaban J connectivity index is 1.78. The smallest absolute Gasteiger partial charge is 0.227 e. The zero-order valence-electron chi connectivity index (χ0n) is 9.78. The first-order chi connectivity index (χ1) is 7.79. The van der Waals surface area contributed by atoms with Crippen LogP contribution in [0, 0.1) is 11.8 Å². The first kappa shape index (κ1) is 11.2. The number of nitrogens with one attached hydrogen (secondary N) is 1. The van der Waals surface area contributed by atoms with E-state index < -0.39 is 0 Å². The molecule has 0 bridgehead atoms. The third kappa shape index (κ3) is 2.63. The molecule has 1 aromatic rings. The minimum absolute atomic E-state index is 0.193. The summed E-state index contributed by atoms with van der Waals surface area (Å²) in [5.74, 6) is 1.23. The van der Waals surface area contributed by atoms with Crippen LogP contribution in [-0.4, -0.2) is 5.91 Å². The summed E-state index contributed by atoms with van der Waals surface area (Å²) in [6.07, 6.45) is 4.66. The number of para-hydroxylation sites is 1. The molecular weight excluding hydrogens is 198 g/mol. The van der Waals surface area contributed by atoms with Gasteiger partial charge in [-0.3, -0.25) is 4.79 Å². The van der Waals surface area contributed by atoms with E-state index in [1.165, 1.54) is 12.8 Å². The van der Waals surface area contributed by atoms with E-state index in [2.05, 4.69) is 12.2 Å². The number of rotatable bonds is 4. The second-order valence-electron chi connectivity index (χ2n) is 4.68. The van der Waals surface area contributed by atoms with E-state index in [1.54, 1.807) is 0 Å². The summed E-state index contributed by atoms with van der Waals surface area (Å²) in [6.45, 7) is 2.21. The molecule has 1 N–H and O–H groups in total. The minimum Gasteiger partial charge on any atom is -0.326 e. The lowest BCUT2D eigenvalue weighted by atomic mass is 9.72. The first-order valence-electron chi connectivity index (χ1n) is 6.15. The Morgan fingerprint density at radius 3 is 2.62 bits per heavy atom. The van der Waals surface area contributed by atoms with Gasteiger partial charge in [0.25, 0.3) is 0 Å². The van der Waals surface area contributed by atoms with Crippen LogP contribution in [0.15, 0.2) is 30.3 Å². The third-order valence-electron chi connectivity index (χ3n) is 3.34. The number of anilines is 1. The van der Waals surface area contributed by atoms with Gasteiger partial charge >= 0.3 is 0 Å². The van der Waals surface area contributed by atoms with Crippen LogP contribution < -0.4 is 5.32 Å². The summed E-state index contributed by atoms with van der Waals surface area (Å²) < 4.78 is 0. The van der Waals surface area contributed by atoms with Gasteiger partial charge in [-0.1, -0.05) is 38.0 Å². The molecular formula is C14H19NO. The number of carbonyl (C=O) groups is 1. The van der Waals surface area contributed by atoms with Crippen molar-refractivity contribution in [2.24, 2.45) is 11.8 Å². The van der Waals surface area contributed by atoms with Gasteiger partial charge in [-0.15, -0.1) is 0 Å². The van der Waals surface area contributed by atoms with Crippen LogP contribution in [-0.2, 0) is 4.79 Å². The van der Waals surface area contributed by atoms with Crippen LogP contribution in [0.25, 0.3) is 0 Å². The van der Waals surface area contributed by atoms with Crippen molar-refractivity contribution in [1.82, 2.24) is 0 Å². The van der Waals surface area contributed by atoms with E-state index in [-0.39, 0.29) is 11.8 Å². The van der Waals surface area contributed by atoms with Crippen molar-refractivity contribution in [2.45, 2.75) is 32.6 Å². The van der Waals surface area contributed by atoms with E-state index in [1.807, 2.05) is 30.3 Å². The van der Waals surface area contributed by atoms with Gasteiger partial charge in [0.15, 0.2) is 0 Å². The molecule has 2 heteroatoms. The van der Waals surface area contributed by atoms with Crippen LogP contribution >= 0.6 is 0 Å². The third-order valence-corrected chi connectivity index (χ3v) is 3.34. The van der Waals surface area contributed by atoms with Gasteiger partial charge in [-0.05, 0) is 30.9 Å². The molecule has 0 heterocycles. The summed E-state index contributed by atoms with van der Waals surface area (Å²) in [7, 11) is 0. The molecule has 86 valence electrons. The molecule has 1 amide bonds. The van der Waals surface area contributed by atoms with Crippen LogP contribution in [0.2, 0.25) is 0 Å². The summed E-state index contributed by atoms with van der Waals surface area (Å²) in [4.78, 5) is 11.8. The largest absolute Gasteiger partial charge is 0.326 e. The second-order valence-corrected chi connectivity index (χ2v) is 4.68. The van der Waals surface area contributed by atoms with Gasteiger partial charge in [0.05, 0.1) is 0 Å². The van der Waals surface area contributed by atoms with Crippen molar-refractivity contribution in [3.63, 3.8) is 0 Å². The van der Waals surface area contributed by atoms with Crippen LogP contribution in [0.1, 0.15) is 32.6 Å². The Hall–Kier alpha value is -1.31. The van der Waals surface area contributed by atoms with Gasteiger partial charge in [-0.2, -0.15) is 0 Å². The maximum absolute atomic E-state index is 11.8. The van der Waals surface area contributed by atoms with Crippen molar-refractivity contribution in [2.75, 3.05) is 5.32 Å². The van der Waals surface area contributed by atoms with Gasteiger partial charge < -0.3 is 5.32 Å². The maximum Gasteiger partial charge on any atom is 0.227 e. The number of hydrogen-bond donors (Lipinski definition) is 1. The molecule has 0 aliphatic heterocycles. The molecule has 1 aromatic carbocycles. The van der Waals surface area contributed by atoms with Crippen molar-refractivity contribution in [1.29, 1.82) is 0 Å². The average molecular weight is 217 g/mol. The monoisotopic (exact) mass is 217 g/mol. The maximum atomic E-state index is 11.8. The summed E-state index contributed by atoms with van der Waals surface area (Å²) in [5.41, 5.74) is 0.909. The summed E-state index contributed by atoms with van der Waals surface area (Å²) in [6, 6.07) is 9.70. The fraction of sp³-hybridized carbons (Fsp3) is 0.500. The first-order valence-corrected chi connectivity index (χ1v) is 6.15. The second kappa shape index (κ2) is 5.15. The predicted octanol–water partition coefficient (Wildman–Crippen LogP) is 3.45. The summed E-state index contributed by atoms with van der Waals surface area (Å²) in [5, 5.41) is 2.97. The Labute approximate surface area is 97.1 Å². The number of carbonyl (C=O) groups excluding carboxylic acids is 1. The molecule has 1 fully saturated rings. The van der Waals surface area contributed by atoms with Crippen LogP contribution in [0.5, 0.6) is 0 Å². The van der Waals surface area contributed by atoms with Crippen molar-refractivity contribution >= 4 is 11.6 Å². The fourth-order valence-corrected chi connectivity index (χ4v) is 2.36. The fourth-order valence-electron chi connectivity index (χ4n) is 2.36. The topological polar surface area (TPSA) is 29.1 Å². The van der Waals surface area contributed by atoms with Crippen molar-refractivity contribution in [3.8, 4) is 0 Å². The average Bonchev–Trinajstić information content (AvgIpc) is 2.24. The molecule has 0 saturated heterocycles. The molecule has 1 aliphatic rings. The lowest BCUT2D eigenvalue weighted by molar-refractivity contribution is -0.123. The van der Waals surface area contributed by atoms with Crippen molar-refractivity contribution in [3.05, 3.63) is 30.3 Å². The molecule has 0 unspecified atom stereocenters. The molecule has 0 spiro atoms. The highest BCUT2D eigenvalue weighted by Crippen LogP contribution is 2.37. The molecule has 16 heavy (non-hydrogen) atoms. The van der Waals surface area contributed by atoms with Gasteiger partial charge in [0.2, 0.25) is 5.91 Å². The lowest BCUT2D eigenvalue weighted by Gasteiger charge is -2.34. The Morgan fingerprint density at radius 1 is 1.31 bits per heavy atom. The van der Waals surface area contributed by atoms with E-state index >= 15 is 0 Å². The molecule has 2 nitrogen and oxygen atoms in total. The molecule has 1 saturated carbocycles. The van der Waals surface area contributed by atoms with E-state index in [0.717, 1.165) is 24.4 Å². The van der Waals surface area contributed by atoms with Crippen molar-refractivity contribution < 1.29 is 4.79 Å². The molecule has 1 aliphatic carbocycles. The number of hydrogen-bond acceptors (Lipinski definition) is 1. The molecule has 0 radical (unpaired) electrons. The minimum atomic E-state index is 0.193. The quantitative estimate of drug-likeness (QED) is 0.822. The number of amides is 1. The highest BCUT2D eigenvalue weighted by atomic mass is 16.1. The van der Waals surface area contributed by atoms with Gasteiger partial charge in [0.1, 0.15) is 0 Å². The molecule has 0 atom stereocenters. The Morgan fingerprint density at radius 2 is 2.00 bits per heavy atom. The Kier molecular flexibility index (Phi) is 3.60. The number of benzene rings is 1. The molecule has 2 rings (SSSR count).